The molecule has 1 N–H and O–H groups in total. The van der Waals surface area contributed by atoms with Gasteiger partial charge in [0.1, 0.15) is 15.4 Å². The lowest BCUT2D eigenvalue weighted by molar-refractivity contribution is 0.102. The summed E-state index contributed by atoms with van der Waals surface area (Å²) >= 11 is 1.54. The van der Waals surface area contributed by atoms with E-state index in [9.17, 15) is 4.79 Å². The summed E-state index contributed by atoms with van der Waals surface area (Å²) in [6, 6.07) is 17.4. The van der Waals surface area contributed by atoms with E-state index in [0.717, 1.165) is 37.7 Å². The fraction of sp³-hybridized carbons (Fsp3) is 0.0952. The second-order valence-corrected chi connectivity index (χ2v) is 7.24. The van der Waals surface area contributed by atoms with Crippen molar-refractivity contribution in [2.45, 2.75) is 13.8 Å². The summed E-state index contributed by atoms with van der Waals surface area (Å²) in [7, 11) is 0. The molecule has 0 spiro atoms. The molecule has 0 bridgehead atoms. The van der Waals surface area contributed by atoms with Gasteiger partial charge in [0.25, 0.3) is 5.91 Å². The lowest BCUT2D eigenvalue weighted by atomic mass is 10.1. The van der Waals surface area contributed by atoms with Crippen molar-refractivity contribution in [2.24, 2.45) is 0 Å². The molecule has 2 aromatic heterocycles. The molecule has 0 aliphatic carbocycles. The maximum Gasteiger partial charge on any atom is 0.255 e. The first-order chi connectivity index (χ1) is 12.6. The van der Waals surface area contributed by atoms with Gasteiger partial charge in [-0.3, -0.25) is 4.79 Å². The smallest absolute Gasteiger partial charge is 0.255 e. The molecule has 0 saturated heterocycles. The van der Waals surface area contributed by atoms with Crippen LogP contribution in [0.5, 0.6) is 0 Å². The summed E-state index contributed by atoms with van der Waals surface area (Å²) in [6.45, 7) is 3.98. The van der Waals surface area contributed by atoms with Gasteiger partial charge in [0.05, 0.1) is 0 Å². The molecule has 4 rings (SSSR count). The number of hydrogen-bond acceptors (Lipinski definition) is 4. The summed E-state index contributed by atoms with van der Waals surface area (Å²) in [6.07, 6.45) is 1.77. The Bertz CT molecular complexity index is 1060. The van der Waals surface area contributed by atoms with Crippen molar-refractivity contribution in [1.29, 1.82) is 0 Å². The van der Waals surface area contributed by atoms with Gasteiger partial charge in [0, 0.05) is 23.0 Å². The van der Waals surface area contributed by atoms with E-state index in [1.165, 1.54) is 0 Å². The molecule has 4 nitrogen and oxygen atoms in total. The second-order valence-electron chi connectivity index (χ2n) is 6.26. The van der Waals surface area contributed by atoms with Gasteiger partial charge >= 0.3 is 0 Å². The number of hydrogen-bond donors (Lipinski definition) is 1. The third kappa shape index (κ3) is 3.34. The van der Waals surface area contributed by atoms with Crippen LogP contribution in [0.2, 0.25) is 0 Å². The van der Waals surface area contributed by atoms with E-state index in [1.807, 2.05) is 62.4 Å². The maximum absolute atomic E-state index is 12.6. The molecule has 1 amide bonds. The predicted molar refractivity (Wildman–Crippen MR) is 107 cm³/mol. The molecule has 26 heavy (non-hydrogen) atoms. The summed E-state index contributed by atoms with van der Waals surface area (Å²) in [5.74, 6) is -0.111. The van der Waals surface area contributed by atoms with Crippen molar-refractivity contribution in [3.05, 3.63) is 77.5 Å². The zero-order valence-electron chi connectivity index (χ0n) is 14.5. The van der Waals surface area contributed by atoms with Crippen molar-refractivity contribution in [1.82, 2.24) is 9.97 Å². The monoisotopic (exact) mass is 359 g/mol. The van der Waals surface area contributed by atoms with E-state index < -0.39 is 0 Å². The molecule has 0 saturated carbocycles. The van der Waals surface area contributed by atoms with E-state index in [-0.39, 0.29) is 5.91 Å². The first-order valence-electron chi connectivity index (χ1n) is 8.30. The summed E-state index contributed by atoms with van der Waals surface area (Å²) in [5, 5.41) is 3.87. The average molecular weight is 359 g/mol. The van der Waals surface area contributed by atoms with Crippen LogP contribution in [0, 0.1) is 13.8 Å². The third-order valence-corrected chi connectivity index (χ3v) is 5.05. The topological polar surface area (TPSA) is 54.9 Å². The molecule has 2 heterocycles. The number of pyridine rings is 1. The molecule has 128 valence electrons. The van der Waals surface area contributed by atoms with Crippen molar-refractivity contribution >= 4 is 33.3 Å². The van der Waals surface area contributed by atoms with Crippen LogP contribution >= 0.6 is 11.3 Å². The summed E-state index contributed by atoms with van der Waals surface area (Å²) in [5.41, 5.74) is 5.41. The number of nitrogens with zero attached hydrogens (tertiary/aromatic N) is 2. The predicted octanol–water partition coefficient (Wildman–Crippen LogP) is 5.23. The minimum Gasteiger partial charge on any atom is -0.322 e. The summed E-state index contributed by atoms with van der Waals surface area (Å²) in [4.78, 5) is 22.5. The molecular formula is C21H17N3OS. The number of thiazole rings is 1. The second kappa shape index (κ2) is 6.69. The number of carbonyl (C=O) groups is 1. The Morgan fingerprint density at radius 1 is 1.00 bits per heavy atom. The van der Waals surface area contributed by atoms with Crippen LogP contribution in [0.15, 0.2) is 60.8 Å². The van der Waals surface area contributed by atoms with Gasteiger partial charge in [-0.1, -0.05) is 40.7 Å². The van der Waals surface area contributed by atoms with Crippen LogP contribution in [0.1, 0.15) is 21.5 Å². The third-order valence-electron chi connectivity index (χ3n) is 4.02. The number of carbonyl (C=O) groups excluding carboxylic acids is 1. The molecule has 5 heteroatoms. The first-order valence-corrected chi connectivity index (χ1v) is 9.12. The lowest BCUT2D eigenvalue weighted by Crippen LogP contribution is -2.12. The van der Waals surface area contributed by atoms with Gasteiger partial charge in [-0.25, -0.2) is 9.97 Å². The quantitative estimate of drug-likeness (QED) is 0.545. The number of benzene rings is 2. The van der Waals surface area contributed by atoms with Crippen LogP contribution in [0.25, 0.3) is 20.9 Å². The molecule has 0 radical (unpaired) electrons. The highest BCUT2D eigenvalue weighted by atomic mass is 32.1. The van der Waals surface area contributed by atoms with E-state index in [4.69, 9.17) is 0 Å². The van der Waals surface area contributed by atoms with Crippen LogP contribution in [-0.4, -0.2) is 15.9 Å². The minimum atomic E-state index is -0.111. The number of aryl methyl sites for hydroxylation is 2. The Hall–Kier alpha value is -3.05. The Morgan fingerprint density at radius 2 is 1.81 bits per heavy atom. The van der Waals surface area contributed by atoms with Gasteiger partial charge < -0.3 is 5.32 Å². The van der Waals surface area contributed by atoms with Crippen LogP contribution in [0.3, 0.4) is 0 Å². The van der Waals surface area contributed by atoms with Crippen LogP contribution in [-0.2, 0) is 0 Å². The molecule has 0 unspecified atom stereocenters. The Morgan fingerprint density at radius 3 is 2.58 bits per heavy atom. The summed E-state index contributed by atoms with van der Waals surface area (Å²) < 4.78 is 0. The molecule has 0 fully saturated rings. The largest absolute Gasteiger partial charge is 0.322 e. The van der Waals surface area contributed by atoms with Gasteiger partial charge in [-0.15, -0.1) is 0 Å². The first kappa shape index (κ1) is 16.4. The normalized spacial score (nSPS) is 10.8. The Labute approximate surface area is 155 Å². The highest BCUT2D eigenvalue weighted by Gasteiger charge is 2.10. The number of fused-ring (bicyclic) bond motifs is 1. The fourth-order valence-electron chi connectivity index (χ4n) is 2.93. The van der Waals surface area contributed by atoms with Crippen LogP contribution in [0.4, 0.5) is 5.69 Å². The molecular weight excluding hydrogens is 342 g/mol. The van der Waals surface area contributed by atoms with Gasteiger partial charge in [-0.2, -0.15) is 0 Å². The van der Waals surface area contributed by atoms with E-state index in [0.29, 0.717) is 5.56 Å². The number of amides is 1. The Kier molecular flexibility index (Phi) is 4.22. The molecule has 0 aliphatic rings. The zero-order chi connectivity index (χ0) is 18.1. The van der Waals surface area contributed by atoms with Crippen LogP contribution < -0.4 is 5.32 Å². The standard InChI is InChI=1S/C21H17N3OS/c1-13-9-14(2)11-16(10-13)19(25)23-17-6-3-5-15(12-17)20-24-18-7-4-8-22-21(18)26-20/h3-12H,1-2H3,(H,23,25). The Balaban J connectivity index is 1.62. The number of rotatable bonds is 3. The van der Waals surface area contributed by atoms with Gasteiger partial charge in [0.15, 0.2) is 0 Å². The minimum absolute atomic E-state index is 0.111. The molecule has 0 atom stereocenters. The van der Waals surface area contributed by atoms with E-state index in [1.54, 1.807) is 17.5 Å². The van der Waals surface area contributed by atoms with E-state index >= 15 is 0 Å². The zero-order valence-corrected chi connectivity index (χ0v) is 15.3. The van der Waals surface area contributed by atoms with E-state index in [2.05, 4.69) is 21.4 Å². The molecule has 4 aromatic rings. The van der Waals surface area contributed by atoms with Gasteiger partial charge in [-0.05, 0) is 50.2 Å². The average Bonchev–Trinajstić information content (AvgIpc) is 3.05. The number of nitrogens with one attached hydrogen (secondary N) is 1. The fourth-order valence-corrected chi connectivity index (χ4v) is 3.84. The highest BCUT2D eigenvalue weighted by Crippen LogP contribution is 2.30. The van der Waals surface area contributed by atoms with Crippen molar-refractivity contribution in [3.8, 4) is 10.6 Å². The SMILES string of the molecule is Cc1cc(C)cc(C(=O)Nc2cccc(-c3nc4cccnc4s3)c2)c1. The lowest BCUT2D eigenvalue weighted by Gasteiger charge is -2.08. The van der Waals surface area contributed by atoms with Crippen molar-refractivity contribution < 1.29 is 4.79 Å². The molecule has 2 aromatic carbocycles. The number of aromatic nitrogens is 2. The highest BCUT2D eigenvalue weighted by molar-refractivity contribution is 7.21. The van der Waals surface area contributed by atoms with Crippen molar-refractivity contribution in [2.75, 3.05) is 5.32 Å². The molecule has 0 aliphatic heterocycles. The van der Waals surface area contributed by atoms with Gasteiger partial charge in [0.2, 0.25) is 0 Å². The maximum atomic E-state index is 12.6. The number of anilines is 1. The van der Waals surface area contributed by atoms with Crippen molar-refractivity contribution in [3.63, 3.8) is 0 Å².